The highest BCUT2D eigenvalue weighted by atomic mass is 16.4. The third kappa shape index (κ3) is 1.22. The van der Waals surface area contributed by atoms with E-state index in [1.165, 1.54) is 0 Å². The lowest BCUT2D eigenvalue weighted by Crippen LogP contribution is -2.03. The van der Waals surface area contributed by atoms with Gasteiger partial charge in [0.05, 0.1) is 5.56 Å². The third-order valence-corrected chi connectivity index (χ3v) is 2.04. The zero-order chi connectivity index (χ0) is 9.30. The standard InChI is InChI=1S/C9H13NO2/c1-4-7-8(9(11)12)6(2)5-10(7)3/h5H,4H2,1-3H3,(H,11,12). The van der Waals surface area contributed by atoms with E-state index in [2.05, 4.69) is 0 Å². The molecule has 0 aliphatic rings. The van der Waals surface area contributed by atoms with E-state index < -0.39 is 5.97 Å². The summed E-state index contributed by atoms with van der Waals surface area (Å²) in [4.78, 5) is 10.8. The van der Waals surface area contributed by atoms with Crippen molar-refractivity contribution in [3.8, 4) is 0 Å². The second-order valence-corrected chi connectivity index (χ2v) is 2.90. The molecular formula is C9H13NO2. The fourth-order valence-electron chi connectivity index (χ4n) is 1.56. The molecule has 0 atom stereocenters. The van der Waals surface area contributed by atoms with E-state index in [9.17, 15) is 4.79 Å². The molecule has 0 saturated carbocycles. The monoisotopic (exact) mass is 167 g/mol. The molecule has 0 aromatic carbocycles. The van der Waals surface area contributed by atoms with Crippen LogP contribution in [0.25, 0.3) is 0 Å². The maximum absolute atomic E-state index is 10.8. The Bertz CT molecular complexity index is 313. The number of hydrogen-bond donors (Lipinski definition) is 1. The summed E-state index contributed by atoms with van der Waals surface area (Å²) in [5.74, 6) is -0.829. The predicted octanol–water partition coefficient (Wildman–Crippen LogP) is 1.59. The Kier molecular flexibility index (Phi) is 2.22. The summed E-state index contributed by atoms with van der Waals surface area (Å²) in [5.41, 5.74) is 2.18. The van der Waals surface area contributed by atoms with Gasteiger partial charge in [0.15, 0.2) is 0 Å². The SMILES string of the molecule is CCc1c(C(=O)O)c(C)cn1C. The topological polar surface area (TPSA) is 42.2 Å². The Labute approximate surface area is 71.6 Å². The molecule has 0 unspecified atom stereocenters. The molecule has 0 saturated heterocycles. The fourth-order valence-corrected chi connectivity index (χ4v) is 1.56. The summed E-state index contributed by atoms with van der Waals surface area (Å²) in [5, 5.41) is 8.88. The molecule has 0 bridgehead atoms. The van der Waals surface area contributed by atoms with Gasteiger partial charge in [0, 0.05) is 18.9 Å². The van der Waals surface area contributed by atoms with Gasteiger partial charge in [-0.05, 0) is 18.9 Å². The van der Waals surface area contributed by atoms with Crippen molar-refractivity contribution in [1.82, 2.24) is 4.57 Å². The first-order chi connectivity index (χ1) is 5.57. The van der Waals surface area contributed by atoms with Crippen molar-refractivity contribution in [2.24, 2.45) is 7.05 Å². The Morgan fingerprint density at radius 1 is 1.67 bits per heavy atom. The van der Waals surface area contributed by atoms with Crippen molar-refractivity contribution >= 4 is 5.97 Å². The zero-order valence-corrected chi connectivity index (χ0v) is 7.59. The van der Waals surface area contributed by atoms with Gasteiger partial charge < -0.3 is 9.67 Å². The molecule has 0 amide bonds. The molecule has 0 spiro atoms. The molecule has 66 valence electrons. The minimum Gasteiger partial charge on any atom is -0.478 e. The van der Waals surface area contributed by atoms with Crippen molar-refractivity contribution in [3.05, 3.63) is 23.0 Å². The van der Waals surface area contributed by atoms with Crippen LogP contribution in [0.2, 0.25) is 0 Å². The van der Waals surface area contributed by atoms with Gasteiger partial charge in [-0.1, -0.05) is 6.92 Å². The van der Waals surface area contributed by atoms with Gasteiger partial charge in [-0.3, -0.25) is 0 Å². The lowest BCUT2D eigenvalue weighted by atomic mass is 10.1. The van der Waals surface area contributed by atoms with Crippen LogP contribution >= 0.6 is 0 Å². The highest BCUT2D eigenvalue weighted by Gasteiger charge is 2.15. The van der Waals surface area contributed by atoms with Gasteiger partial charge >= 0.3 is 5.97 Å². The molecule has 0 aliphatic carbocycles. The van der Waals surface area contributed by atoms with Gasteiger partial charge in [-0.15, -0.1) is 0 Å². The summed E-state index contributed by atoms with van der Waals surface area (Å²) in [7, 11) is 1.87. The Morgan fingerprint density at radius 3 is 2.58 bits per heavy atom. The average molecular weight is 167 g/mol. The highest BCUT2D eigenvalue weighted by Crippen LogP contribution is 2.16. The van der Waals surface area contributed by atoms with Gasteiger partial charge in [0.25, 0.3) is 0 Å². The maximum Gasteiger partial charge on any atom is 0.337 e. The molecule has 0 fully saturated rings. The number of rotatable bonds is 2. The number of carboxylic acids is 1. The van der Waals surface area contributed by atoms with Gasteiger partial charge in [-0.2, -0.15) is 0 Å². The predicted molar refractivity (Wildman–Crippen MR) is 46.5 cm³/mol. The van der Waals surface area contributed by atoms with Crippen LogP contribution in [-0.4, -0.2) is 15.6 Å². The first-order valence-electron chi connectivity index (χ1n) is 3.96. The van der Waals surface area contributed by atoms with E-state index >= 15 is 0 Å². The van der Waals surface area contributed by atoms with Crippen LogP contribution < -0.4 is 0 Å². The smallest absolute Gasteiger partial charge is 0.337 e. The van der Waals surface area contributed by atoms with E-state index in [1.807, 2.05) is 31.7 Å². The summed E-state index contributed by atoms with van der Waals surface area (Å²) < 4.78 is 1.87. The van der Waals surface area contributed by atoms with E-state index in [0.717, 1.165) is 17.7 Å². The van der Waals surface area contributed by atoms with Crippen molar-refractivity contribution in [2.75, 3.05) is 0 Å². The normalized spacial score (nSPS) is 10.2. The molecule has 1 heterocycles. The van der Waals surface area contributed by atoms with E-state index in [-0.39, 0.29) is 0 Å². The van der Waals surface area contributed by atoms with E-state index in [0.29, 0.717) is 5.56 Å². The van der Waals surface area contributed by atoms with Gasteiger partial charge in [-0.25, -0.2) is 4.79 Å². The molecule has 12 heavy (non-hydrogen) atoms. The number of carboxylic acid groups (broad SMARTS) is 1. The van der Waals surface area contributed by atoms with E-state index in [1.54, 1.807) is 0 Å². The Morgan fingerprint density at radius 2 is 2.25 bits per heavy atom. The molecular weight excluding hydrogens is 154 g/mol. The Hall–Kier alpha value is -1.25. The van der Waals surface area contributed by atoms with Crippen LogP contribution in [0.4, 0.5) is 0 Å². The van der Waals surface area contributed by atoms with Crippen molar-refractivity contribution in [3.63, 3.8) is 0 Å². The quantitative estimate of drug-likeness (QED) is 0.726. The second kappa shape index (κ2) is 3.01. The lowest BCUT2D eigenvalue weighted by molar-refractivity contribution is 0.0695. The molecule has 1 aromatic heterocycles. The van der Waals surface area contributed by atoms with Crippen LogP contribution in [0.1, 0.15) is 28.5 Å². The van der Waals surface area contributed by atoms with Crippen molar-refractivity contribution < 1.29 is 9.90 Å². The molecule has 1 N–H and O–H groups in total. The number of aromatic nitrogens is 1. The van der Waals surface area contributed by atoms with Crippen LogP contribution in [0.15, 0.2) is 6.20 Å². The van der Waals surface area contributed by atoms with E-state index in [4.69, 9.17) is 5.11 Å². The molecule has 1 rings (SSSR count). The summed E-state index contributed by atoms with van der Waals surface area (Å²) in [6.45, 7) is 3.78. The molecule has 3 heteroatoms. The lowest BCUT2D eigenvalue weighted by Gasteiger charge is -2.00. The molecule has 3 nitrogen and oxygen atoms in total. The van der Waals surface area contributed by atoms with Gasteiger partial charge in [0.1, 0.15) is 0 Å². The van der Waals surface area contributed by atoms with Crippen LogP contribution in [0, 0.1) is 6.92 Å². The number of aryl methyl sites for hydroxylation is 2. The first-order valence-corrected chi connectivity index (χ1v) is 3.96. The van der Waals surface area contributed by atoms with Crippen LogP contribution in [0.3, 0.4) is 0 Å². The molecule has 0 radical (unpaired) electrons. The summed E-state index contributed by atoms with van der Waals surface area (Å²) in [6, 6.07) is 0. The van der Waals surface area contributed by atoms with Crippen LogP contribution in [-0.2, 0) is 13.5 Å². The summed E-state index contributed by atoms with van der Waals surface area (Å²) in [6.07, 6.45) is 2.61. The molecule has 1 aromatic rings. The number of aromatic carboxylic acids is 1. The number of nitrogens with zero attached hydrogens (tertiary/aromatic N) is 1. The fraction of sp³-hybridized carbons (Fsp3) is 0.444. The zero-order valence-electron chi connectivity index (χ0n) is 7.59. The van der Waals surface area contributed by atoms with Crippen LogP contribution in [0.5, 0.6) is 0 Å². The van der Waals surface area contributed by atoms with Crippen molar-refractivity contribution in [2.45, 2.75) is 20.3 Å². The third-order valence-electron chi connectivity index (χ3n) is 2.04. The minimum atomic E-state index is -0.829. The highest BCUT2D eigenvalue weighted by molar-refractivity contribution is 5.90. The maximum atomic E-state index is 10.8. The average Bonchev–Trinajstić information content (AvgIpc) is 2.24. The molecule has 0 aliphatic heterocycles. The van der Waals surface area contributed by atoms with Gasteiger partial charge in [0.2, 0.25) is 0 Å². The first kappa shape index (κ1) is 8.84. The largest absolute Gasteiger partial charge is 0.478 e. The van der Waals surface area contributed by atoms with Crippen molar-refractivity contribution in [1.29, 1.82) is 0 Å². The summed E-state index contributed by atoms with van der Waals surface area (Å²) >= 11 is 0. The number of hydrogen-bond acceptors (Lipinski definition) is 1. The number of carbonyl (C=O) groups is 1. The Balaban J connectivity index is 3.32. The second-order valence-electron chi connectivity index (χ2n) is 2.90. The minimum absolute atomic E-state index is 0.458.